The van der Waals surface area contributed by atoms with Crippen LogP contribution in [0.2, 0.25) is 0 Å². The molecule has 0 N–H and O–H groups in total. The van der Waals surface area contributed by atoms with E-state index in [1.807, 2.05) is 0 Å². The minimum absolute atomic E-state index is 0.0240. The molecule has 1 aliphatic rings. The van der Waals surface area contributed by atoms with Crippen molar-refractivity contribution in [2.45, 2.75) is 27.2 Å². The lowest BCUT2D eigenvalue weighted by atomic mass is 9.57. The lowest BCUT2D eigenvalue weighted by molar-refractivity contribution is -0.870. The third kappa shape index (κ3) is 3.44. The molecule has 3 heteroatoms. The topological polar surface area (TPSA) is 26.3 Å². The molecule has 3 nitrogen and oxygen atoms in total. The van der Waals surface area contributed by atoms with Gasteiger partial charge < -0.3 is 9.22 Å². The highest BCUT2D eigenvalue weighted by Gasteiger charge is 2.48. The van der Waals surface area contributed by atoms with Gasteiger partial charge in [-0.1, -0.05) is 27.2 Å². The first-order valence-corrected chi connectivity index (χ1v) is 6.75. The second-order valence-electron chi connectivity index (χ2n) is 6.50. The highest BCUT2D eigenvalue weighted by atomic mass is 16.5. The maximum Gasteiger partial charge on any atom is 0.309 e. The first-order chi connectivity index (χ1) is 7.78. The summed E-state index contributed by atoms with van der Waals surface area (Å²) in [7, 11) is 6.32. The van der Waals surface area contributed by atoms with Gasteiger partial charge in [0.15, 0.2) is 0 Å². The molecule has 0 heterocycles. The number of esters is 1. The highest BCUT2D eigenvalue weighted by Crippen LogP contribution is 2.47. The van der Waals surface area contributed by atoms with E-state index in [-0.39, 0.29) is 11.9 Å². The number of carbonyl (C=O) groups excluding carboxylic acids is 1. The van der Waals surface area contributed by atoms with Gasteiger partial charge in [-0.05, 0) is 17.8 Å². The van der Waals surface area contributed by atoms with E-state index in [1.54, 1.807) is 0 Å². The fourth-order valence-corrected chi connectivity index (χ4v) is 2.82. The Kier molecular flexibility index (Phi) is 4.59. The Morgan fingerprint density at radius 2 is 1.76 bits per heavy atom. The van der Waals surface area contributed by atoms with Crippen molar-refractivity contribution in [3.8, 4) is 0 Å². The average molecular weight is 242 g/mol. The molecular formula is C14H28NO2+. The Balaban J connectivity index is 2.38. The molecule has 1 fully saturated rings. The largest absolute Gasteiger partial charge is 0.459 e. The normalized spacial score (nSPS) is 33.1. The van der Waals surface area contributed by atoms with E-state index < -0.39 is 0 Å². The summed E-state index contributed by atoms with van der Waals surface area (Å²) >= 11 is 0. The van der Waals surface area contributed by atoms with Crippen molar-refractivity contribution in [3.05, 3.63) is 0 Å². The van der Waals surface area contributed by atoms with Crippen molar-refractivity contribution in [1.82, 2.24) is 0 Å². The first-order valence-electron chi connectivity index (χ1n) is 6.75. The Hall–Kier alpha value is -0.570. The van der Waals surface area contributed by atoms with Crippen molar-refractivity contribution < 1.29 is 14.0 Å². The van der Waals surface area contributed by atoms with Crippen LogP contribution in [-0.4, -0.2) is 44.7 Å². The second-order valence-corrected chi connectivity index (χ2v) is 6.50. The standard InChI is InChI=1S/C14H28NO2/c1-7-12-10(2)11(3)13(12)14(16)17-9-8-15(4,5)6/h10-13H,7-9H2,1-6H3/q+1. The Morgan fingerprint density at radius 3 is 2.24 bits per heavy atom. The Labute approximate surface area is 106 Å². The maximum absolute atomic E-state index is 12.0. The zero-order valence-electron chi connectivity index (χ0n) is 12.2. The number of likely N-dealkylation sites (N-methyl/N-ethyl adjacent to an activating group) is 1. The molecule has 0 amide bonds. The summed E-state index contributed by atoms with van der Waals surface area (Å²) in [5.74, 6) is 1.84. The molecule has 0 radical (unpaired) electrons. The maximum atomic E-state index is 12.0. The highest BCUT2D eigenvalue weighted by molar-refractivity contribution is 5.74. The van der Waals surface area contributed by atoms with E-state index in [4.69, 9.17) is 4.74 Å². The first kappa shape index (κ1) is 14.5. The van der Waals surface area contributed by atoms with E-state index in [2.05, 4.69) is 41.9 Å². The van der Waals surface area contributed by atoms with Crippen LogP contribution < -0.4 is 0 Å². The van der Waals surface area contributed by atoms with Crippen LogP contribution in [0.4, 0.5) is 0 Å². The number of ether oxygens (including phenoxy) is 1. The summed E-state index contributed by atoms with van der Waals surface area (Å²) in [5.41, 5.74) is 0. The Morgan fingerprint density at radius 1 is 1.18 bits per heavy atom. The van der Waals surface area contributed by atoms with E-state index >= 15 is 0 Å². The molecule has 0 aromatic heterocycles. The van der Waals surface area contributed by atoms with Crippen molar-refractivity contribution in [2.75, 3.05) is 34.3 Å². The van der Waals surface area contributed by atoms with Crippen LogP contribution in [0, 0.1) is 23.7 Å². The minimum atomic E-state index is 0.0240. The van der Waals surface area contributed by atoms with Crippen LogP contribution in [-0.2, 0) is 9.53 Å². The van der Waals surface area contributed by atoms with Crippen LogP contribution in [0.1, 0.15) is 27.2 Å². The summed E-state index contributed by atoms with van der Waals surface area (Å²) in [5, 5.41) is 0. The van der Waals surface area contributed by atoms with Crippen molar-refractivity contribution in [2.24, 2.45) is 23.7 Å². The molecule has 0 spiro atoms. The summed E-state index contributed by atoms with van der Waals surface area (Å²) in [6.45, 7) is 7.99. The molecule has 0 aromatic rings. The van der Waals surface area contributed by atoms with Gasteiger partial charge in [-0.3, -0.25) is 4.79 Å². The van der Waals surface area contributed by atoms with Gasteiger partial charge in [0.25, 0.3) is 0 Å². The zero-order chi connectivity index (χ0) is 13.2. The molecule has 4 atom stereocenters. The minimum Gasteiger partial charge on any atom is -0.459 e. The number of hydrogen-bond donors (Lipinski definition) is 0. The van der Waals surface area contributed by atoms with Gasteiger partial charge in [0.05, 0.1) is 27.1 Å². The van der Waals surface area contributed by atoms with Crippen LogP contribution >= 0.6 is 0 Å². The number of rotatable bonds is 5. The smallest absolute Gasteiger partial charge is 0.309 e. The third-order valence-electron chi connectivity index (χ3n) is 4.28. The SMILES string of the molecule is CCC1C(C)C(C)C1C(=O)OCC[N+](C)(C)C. The van der Waals surface area contributed by atoms with Crippen LogP contribution in [0.5, 0.6) is 0 Å². The van der Waals surface area contributed by atoms with Gasteiger partial charge in [0.2, 0.25) is 0 Å². The molecule has 0 aromatic carbocycles. The predicted molar refractivity (Wildman–Crippen MR) is 69.5 cm³/mol. The van der Waals surface area contributed by atoms with Crippen LogP contribution in [0.25, 0.3) is 0 Å². The van der Waals surface area contributed by atoms with Gasteiger partial charge in [-0.2, -0.15) is 0 Å². The molecular weight excluding hydrogens is 214 g/mol. The van der Waals surface area contributed by atoms with Crippen molar-refractivity contribution >= 4 is 5.97 Å². The summed E-state index contributed by atoms with van der Waals surface area (Å²) in [4.78, 5) is 12.0. The summed E-state index contributed by atoms with van der Waals surface area (Å²) < 4.78 is 6.25. The van der Waals surface area contributed by atoms with Gasteiger partial charge >= 0.3 is 5.97 Å². The average Bonchev–Trinajstić information content (AvgIpc) is 2.22. The molecule has 0 saturated heterocycles. The second kappa shape index (κ2) is 5.38. The van der Waals surface area contributed by atoms with Gasteiger partial charge in [0.1, 0.15) is 13.2 Å². The van der Waals surface area contributed by atoms with E-state index in [9.17, 15) is 4.79 Å². The summed E-state index contributed by atoms with van der Waals surface area (Å²) in [6.07, 6.45) is 1.08. The molecule has 1 aliphatic carbocycles. The molecule has 17 heavy (non-hydrogen) atoms. The predicted octanol–water partition coefficient (Wildman–Crippen LogP) is 2.16. The lowest BCUT2D eigenvalue weighted by Gasteiger charge is -2.47. The van der Waals surface area contributed by atoms with E-state index in [0.717, 1.165) is 17.4 Å². The third-order valence-corrected chi connectivity index (χ3v) is 4.28. The lowest BCUT2D eigenvalue weighted by Crippen LogP contribution is -2.49. The quantitative estimate of drug-likeness (QED) is 0.545. The van der Waals surface area contributed by atoms with Gasteiger partial charge in [-0.25, -0.2) is 0 Å². The molecule has 1 saturated carbocycles. The summed E-state index contributed by atoms with van der Waals surface area (Å²) in [6, 6.07) is 0. The molecule has 100 valence electrons. The van der Waals surface area contributed by atoms with E-state index in [1.165, 1.54) is 0 Å². The van der Waals surface area contributed by atoms with Crippen LogP contribution in [0.15, 0.2) is 0 Å². The number of hydrogen-bond acceptors (Lipinski definition) is 2. The van der Waals surface area contributed by atoms with Gasteiger partial charge in [-0.15, -0.1) is 0 Å². The molecule has 1 rings (SSSR count). The van der Waals surface area contributed by atoms with E-state index in [0.29, 0.717) is 24.4 Å². The monoisotopic (exact) mass is 242 g/mol. The molecule has 0 bridgehead atoms. The number of nitrogens with zero attached hydrogens (tertiary/aromatic N) is 1. The van der Waals surface area contributed by atoms with Gasteiger partial charge in [0, 0.05) is 0 Å². The fourth-order valence-electron chi connectivity index (χ4n) is 2.82. The molecule has 4 unspecified atom stereocenters. The molecule has 0 aliphatic heterocycles. The Bertz CT molecular complexity index is 270. The van der Waals surface area contributed by atoms with Crippen LogP contribution in [0.3, 0.4) is 0 Å². The number of carbonyl (C=O) groups is 1. The zero-order valence-corrected chi connectivity index (χ0v) is 12.2. The fraction of sp³-hybridized carbons (Fsp3) is 0.929. The van der Waals surface area contributed by atoms with Crippen molar-refractivity contribution in [1.29, 1.82) is 0 Å². The van der Waals surface area contributed by atoms with Crippen molar-refractivity contribution in [3.63, 3.8) is 0 Å². The number of quaternary nitrogens is 1.